The van der Waals surface area contributed by atoms with Gasteiger partial charge in [0.2, 0.25) is 5.91 Å². The van der Waals surface area contributed by atoms with Crippen LogP contribution in [0.1, 0.15) is 12.8 Å². The van der Waals surface area contributed by atoms with Gasteiger partial charge < -0.3 is 10.0 Å². The van der Waals surface area contributed by atoms with Crippen LogP contribution in [0.5, 0.6) is 0 Å². The van der Waals surface area contributed by atoms with Gasteiger partial charge in [-0.3, -0.25) is 4.79 Å². The van der Waals surface area contributed by atoms with Crippen LogP contribution in [0.3, 0.4) is 0 Å². The van der Waals surface area contributed by atoms with Crippen molar-refractivity contribution in [2.75, 3.05) is 6.73 Å². The van der Waals surface area contributed by atoms with Gasteiger partial charge in [-0.05, 0) is 12.8 Å². The number of nitrogens with zero attached hydrogens (tertiary/aromatic N) is 1. The number of likely N-dealkylation sites (tertiary alicyclic amines) is 1. The lowest BCUT2D eigenvalue weighted by atomic mass is 9.80. The normalized spacial score (nSPS) is 35.0. The number of rotatable bonds is 1. The molecule has 1 saturated heterocycles. The molecular weight excluding hydrogens is 142 g/mol. The number of allylic oxidation sites excluding steroid dienone is 1. The maximum Gasteiger partial charge on any atom is 0.230 e. The predicted molar refractivity (Wildman–Crippen MR) is 39.6 cm³/mol. The molecule has 3 heteroatoms. The third-order valence-corrected chi connectivity index (χ3v) is 2.50. The zero-order valence-corrected chi connectivity index (χ0v) is 6.23. The molecule has 3 nitrogen and oxygen atoms in total. The smallest absolute Gasteiger partial charge is 0.230 e. The Kier molecular flexibility index (Phi) is 1.46. The van der Waals surface area contributed by atoms with E-state index in [1.807, 2.05) is 6.08 Å². The summed E-state index contributed by atoms with van der Waals surface area (Å²) < 4.78 is 0. The highest BCUT2D eigenvalue weighted by molar-refractivity contribution is 5.86. The molecular formula is C8H11NO2. The van der Waals surface area contributed by atoms with Crippen molar-refractivity contribution in [2.45, 2.75) is 18.9 Å². The molecule has 0 saturated carbocycles. The highest BCUT2D eigenvalue weighted by Gasteiger charge is 2.45. The van der Waals surface area contributed by atoms with E-state index in [1.54, 1.807) is 0 Å². The maximum absolute atomic E-state index is 11.2. The average Bonchev–Trinajstić information content (AvgIpc) is 2.05. The van der Waals surface area contributed by atoms with Crippen molar-refractivity contribution in [1.82, 2.24) is 4.90 Å². The van der Waals surface area contributed by atoms with Crippen molar-refractivity contribution in [1.29, 1.82) is 0 Å². The molecule has 1 aliphatic carbocycles. The summed E-state index contributed by atoms with van der Waals surface area (Å²) in [6.45, 7) is -0.135. The molecule has 2 aliphatic rings. The molecule has 0 bridgehead atoms. The van der Waals surface area contributed by atoms with Gasteiger partial charge in [0.25, 0.3) is 0 Å². The Balaban J connectivity index is 2.13. The van der Waals surface area contributed by atoms with E-state index in [0.29, 0.717) is 0 Å². The van der Waals surface area contributed by atoms with E-state index in [1.165, 1.54) is 4.90 Å². The fourth-order valence-electron chi connectivity index (χ4n) is 1.85. The zero-order chi connectivity index (χ0) is 7.84. The largest absolute Gasteiger partial charge is 0.376 e. The van der Waals surface area contributed by atoms with Crippen LogP contribution in [0.15, 0.2) is 12.2 Å². The lowest BCUT2D eigenvalue weighted by Crippen LogP contribution is -2.60. The van der Waals surface area contributed by atoms with Gasteiger partial charge in [-0.25, -0.2) is 0 Å². The van der Waals surface area contributed by atoms with Gasteiger partial charge in [-0.1, -0.05) is 12.2 Å². The summed E-state index contributed by atoms with van der Waals surface area (Å²) in [5.74, 6) is 0.286. The minimum atomic E-state index is -0.135. The van der Waals surface area contributed by atoms with Crippen LogP contribution in [-0.2, 0) is 4.79 Å². The van der Waals surface area contributed by atoms with Gasteiger partial charge in [0, 0.05) is 0 Å². The van der Waals surface area contributed by atoms with Crippen molar-refractivity contribution in [3.8, 4) is 0 Å². The first-order chi connectivity index (χ1) is 5.34. The van der Waals surface area contributed by atoms with Crippen molar-refractivity contribution < 1.29 is 9.90 Å². The second-order valence-corrected chi connectivity index (χ2v) is 3.05. The number of fused-ring (bicyclic) bond motifs is 1. The molecule has 0 aromatic heterocycles. The molecule has 0 spiro atoms. The minimum Gasteiger partial charge on any atom is -0.376 e. The second-order valence-electron chi connectivity index (χ2n) is 3.05. The Hall–Kier alpha value is -0.830. The van der Waals surface area contributed by atoms with Gasteiger partial charge in [-0.15, -0.1) is 0 Å². The van der Waals surface area contributed by atoms with Gasteiger partial charge in [0.1, 0.15) is 6.73 Å². The summed E-state index contributed by atoms with van der Waals surface area (Å²) in [6.07, 6.45) is 6.06. The predicted octanol–water partition coefficient (Wildman–Crippen LogP) is 0.113. The molecule has 1 amide bonds. The number of carbonyl (C=O) groups is 1. The minimum absolute atomic E-state index is 0.113. The van der Waals surface area contributed by atoms with Gasteiger partial charge in [0.15, 0.2) is 0 Å². The van der Waals surface area contributed by atoms with Crippen LogP contribution in [0.25, 0.3) is 0 Å². The molecule has 0 aromatic rings. The quantitative estimate of drug-likeness (QED) is 0.429. The number of hydrogen-bond acceptors (Lipinski definition) is 2. The number of β-lactam (4-membered cyclic amide) rings is 1. The third-order valence-electron chi connectivity index (χ3n) is 2.50. The van der Waals surface area contributed by atoms with Crippen LogP contribution < -0.4 is 0 Å². The Bertz CT molecular complexity index is 212. The van der Waals surface area contributed by atoms with Crippen LogP contribution >= 0.6 is 0 Å². The van der Waals surface area contributed by atoms with E-state index in [2.05, 4.69) is 6.08 Å². The van der Waals surface area contributed by atoms with E-state index in [9.17, 15) is 4.79 Å². The summed E-state index contributed by atoms with van der Waals surface area (Å²) in [6, 6.07) is 0.196. The monoisotopic (exact) mass is 153 g/mol. The van der Waals surface area contributed by atoms with E-state index in [-0.39, 0.29) is 24.6 Å². The highest BCUT2D eigenvalue weighted by atomic mass is 16.3. The summed E-state index contributed by atoms with van der Waals surface area (Å²) >= 11 is 0. The number of carbonyl (C=O) groups excluding carboxylic acids is 1. The molecule has 1 aliphatic heterocycles. The lowest BCUT2D eigenvalue weighted by Gasteiger charge is -2.46. The van der Waals surface area contributed by atoms with Crippen molar-refractivity contribution in [2.24, 2.45) is 5.92 Å². The molecule has 0 unspecified atom stereocenters. The van der Waals surface area contributed by atoms with Crippen molar-refractivity contribution >= 4 is 5.91 Å². The topological polar surface area (TPSA) is 40.5 Å². The summed E-state index contributed by atoms with van der Waals surface area (Å²) in [5.41, 5.74) is 0. The lowest BCUT2D eigenvalue weighted by molar-refractivity contribution is -0.160. The Morgan fingerprint density at radius 3 is 3.27 bits per heavy atom. The average molecular weight is 153 g/mol. The third kappa shape index (κ3) is 0.807. The fourth-order valence-corrected chi connectivity index (χ4v) is 1.85. The zero-order valence-electron chi connectivity index (χ0n) is 6.23. The molecule has 2 atom stereocenters. The number of aliphatic hydroxyl groups excluding tert-OH is 1. The van der Waals surface area contributed by atoms with Gasteiger partial charge >= 0.3 is 0 Å². The molecule has 60 valence electrons. The summed E-state index contributed by atoms with van der Waals surface area (Å²) in [7, 11) is 0. The first-order valence-corrected chi connectivity index (χ1v) is 3.92. The molecule has 1 fully saturated rings. The molecule has 0 aromatic carbocycles. The second kappa shape index (κ2) is 2.34. The van der Waals surface area contributed by atoms with Crippen LogP contribution in [0.4, 0.5) is 0 Å². The van der Waals surface area contributed by atoms with E-state index in [0.717, 1.165) is 12.8 Å². The molecule has 1 N–H and O–H groups in total. The Morgan fingerprint density at radius 1 is 1.73 bits per heavy atom. The van der Waals surface area contributed by atoms with Crippen LogP contribution in [0.2, 0.25) is 0 Å². The Labute approximate surface area is 65.3 Å². The SMILES string of the molecule is O=C1[C@@H]2CCC=C[C@@H]2N1CO. The number of aliphatic hydroxyl groups is 1. The summed E-state index contributed by atoms with van der Waals surface area (Å²) in [5, 5.41) is 8.77. The fraction of sp³-hybridized carbons (Fsp3) is 0.625. The van der Waals surface area contributed by atoms with Gasteiger partial charge in [-0.2, -0.15) is 0 Å². The van der Waals surface area contributed by atoms with E-state index < -0.39 is 0 Å². The first-order valence-electron chi connectivity index (χ1n) is 3.92. The van der Waals surface area contributed by atoms with Gasteiger partial charge in [0.05, 0.1) is 12.0 Å². The number of amides is 1. The van der Waals surface area contributed by atoms with E-state index in [4.69, 9.17) is 5.11 Å². The first kappa shape index (κ1) is 6.85. The van der Waals surface area contributed by atoms with Crippen molar-refractivity contribution in [3.05, 3.63) is 12.2 Å². The molecule has 2 rings (SSSR count). The molecule has 11 heavy (non-hydrogen) atoms. The van der Waals surface area contributed by atoms with E-state index >= 15 is 0 Å². The van der Waals surface area contributed by atoms with Crippen LogP contribution in [0, 0.1) is 5.92 Å². The standard InChI is InChI=1S/C8H11NO2/c10-5-9-7-4-2-1-3-6(7)8(9)11/h2,4,6-7,10H,1,3,5H2/t6-,7+/m1/s1. The van der Waals surface area contributed by atoms with Crippen molar-refractivity contribution in [3.63, 3.8) is 0 Å². The highest BCUT2D eigenvalue weighted by Crippen LogP contribution is 2.33. The van der Waals surface area contributed by atoms with Crippen LogP contribution in [-0.4, -0.2) is 28.7 Å². The Morgan fingerprint density at radius 2 is 2.55 bits per heavy atom. The maximum atomic E-state index is 11.2. The molecule has 0 radical (unpaired) electrons. The molecule has 1 heterocycles. The summed E-state index contributed by atoms with van der Waals surface area (Å²) in [4.78, 5) is 12.7. The number of hydrogen-bond donors (Lipinski definition) is 1.